The highest BCUT2D eigenvalue weighted by atomic mass is 19.1. The summed E-state index contributed by atoms with van der Waals surface area (Å²) >= 11 is 0. The lowest BCUT2D eigenvalue weighted by Gasteiger charge is -2.15. The van der Waals surface area contributed by atoms with Crippen LogP contribution in [-0.2, 0) is 11.2 Å². The second-order valence-corrected chi connectivity index (χ2v) is 6.36. The van der Waals surface area contributed by atoms with Gasteiger partial charge in [0.05, 0.1) is 11.9 Å². The van der Waals surface area contributed by atoms with E-state index in [9.17, 15) is 14.0 Å². The van der Waals surface area contributed by atoms with Crippen LogP contribution in [0.3, 0.4) is 0 Å². The molecule has 0 radical (unpaired) electrons. The molecule has 4 nitrogen and oxygen atoms in total. The third-order valence-electron chi connectivity index (χ3n) is 4.50. The van der Waals surface area contributed by atoms with Gasteiger partial charge in [0, 0.05) is 17.2 Å². The highest BCUT2D eigenvalue weighted by molar-refractivity contribution is 6.04. The molecule has 0 amide bonds. The van der Waals surface area contributed by atoms with Crippen LogP contribution in [0, 0.1) is 11.7 Å². The first-order valence-corrected chi connectivity index (χ1v) is 8.44. The average molecular weight is 341 g/mol. The monoisotopic (exact) mass is 341 g/mol. The Hall–Kier alpha value is -2.69. The number of carboxylic acid groups (broad SMARTS) is 1. The molecule has 0 saturated carbocycles. The summed E-state index contributed by atoms with van der Waals surface area (Å²) in [5.74, 6) is -1.24. The number of rotatable bonds is 5. The van der Waals surface area contributed by atoms with E-state index in [1.807, 2.05) is 12.2 Å². The lowest BCUT2D eigenvalue weighted by Crippen LogP contribution is -2.14. The van der Waals surface area contributed by atoms with Gasteiger partial charge in [-0.05, 0) is 42.5 Å². The molecule has 1 atom stereocenters. The van der Waals surface area contributed by atoms with E-state index < -0.39 is 11.8 Å². The van der Waals surface area contributed by atoms with Gasteiger partial charge in [-0.15, -0.1) is 0 Å². The molecule has 1 aromatic carbocycles. The first kappa shape index (κ1) is 17.1. The summed E-state index contributed by atoms with van der Waals surface area (Å²) in [7, 11) is 0. The Morgan fingerprint density at radius 2 is 2.16 bits per heavy atom. The molecule has 0 saturated heterocycles. The third-order valence-corrected chi connectivity index (χ3v) is 4.50. The van der Waals surface area contributed by atoms with Gasteiger partial charge in [-0.2, -0.15) is 0 Å². The number of aromatic nitrogens is 1. The van der Waals surface area contributed by atoms with Crippen molar-refractivity contribution in [3.05, 3.63) is 59.6 Å². The van der Waals surface area contributed by atoms with Crippen LogP contribution in [0.25, 0.3) is 10.9 Å². The number of fused-ring (bicyclic) bond motifs is 1. The number of aliphatic carboxylic acids is 1. The molecule has 3 rings (SSSR count). The van der Waals surface area contributed by atoms with Crippen molar-refractivity contribution in [1.82, 2.24) is 4.57 Å². The number of hydrogen-bond donors (Lipinski definition) is 1. The Labute approximate surface area is 145 Å². The van der Waals surface area contributed by atoms with E-state index in [2.05, 4.69) is 13.0 Å². The summed E-state index contributed by atoms with van der Waals surface area (Å²) in [6.07, 6.45) is 10.1. The lowest BCUT2D eigenvalue weighted by molar-refractivity contribution is -0.136. The van der Waals surface area contributed by atoms with E-state index in [1.165, 1.54) is 29.0 Å². The number of carboxylic acids is 1. The summed E-state index contributed by atoms with van der Waals surface area (Å²) in [6, 6.07) is 4.07. The van der Waals surface area contributed by atoms with Gasteiger partial charge in [-0.3, -0.25) is 14.2 Å². The Morgan fingerprint density at radius 1 is 1.36 bits per heavy atom. The fraction of sp³-hybridized carbons (Fsp3) is 0.300. The summed E-state index contributed by atoms with van der Waals surface area (Å²) in [5, 5.41) is 9.52. The van der Waals surface area contributed by atoms with Crippen molar-refractivity contribution < 1.29 is 19.1 Å². The molecule has 1 aromatic heterocycles. The van der Waals surface area contributed by atoms with E-state index in [1.54, 1.807) is 0 Å². The quantitative estimate of drug-likeness (QED) is 0.879. The van der Waals surface area contributed by atoms with Crippen molar-refractivity contribution in [3.8, 4) is 0 Å². The fourth-order valence-corrected chi connectivity index (χ4v) is 3.29. The third kappa shape index (κ3) is 3.55. The molecule has 0 spiro atoms. The van der Waals surface area contributed by atoms with E-state index in [0.29, 0.717) is 28.0 Å². The molecule has 1 N–H and O–H groups in total. The zero-order valence-electron chi connectivity index (χ0n) is 14.0. The molecule has 130 valence electrons. The molecule has 0 aliphatic heterocycles. The molecule has 2 aromatic rings. The van der Waals surface area contributed by atoms with Crippen molar-refractivity contribution in [1.29, 1.82) is 0 Å². The van der Waals surface area contributed by atoms with Crippen molar-refractivity contribution in [2.75, 3.05) is 0 Å². The van der Waals surface area contributed by atoms with Gasteiger partial charge < -0.3 is 5.11 Å². The van der Waals surface area contributed by atoms with E-state index in [0.717, 1.165) is 19.3 Å². The van der Waals surface area contributed by atoms with E-state index >= 15 is 0 Å². The number of allylic oxidation sites excluding steroid dienone is 4. The highest BCUT2D eigenvalue weighted by Crippen LogP contribution is 2.26. The maximum atomic E-state index is 13.6. The topological polar surface area (TPSA) is 59.3 Å². The van der Waals surface area contributed by atoms with Gasteiger partial charge in [0.1, 0.15) is 5.82 Å². The first-order valence-electron chi connectivity index (χ1n) is 8.44. The molecular formula is C20H20FNO3. The number of nitrogens with zero attached hydrogens (tertiary/aromatic N) is 1. The summed E-state index contributed by atoms with van der Waals surface area (Å²) in [6.45, 7) is 2.13. The van der Waals surface area contributed by atoms with Crippen LogP contribution < -0.4 is 0 Å². The molecule has 1 unspecified atom stereocenters. The standard InChI is InChI=1S/C20H20FNO3/c1-2-3-13-4-6-14(7-5-13)20(25)22-12-15(10-19(23)24)17-11-16(21)8-9-18(17)22/h4,6-9,11-13H,2-3,5,10H2,1H3,(H,23,24). The molecule has 0 bridgehead atoms. The van der Waals surface area contributed by atoms with E-state index in [-0.39, 0.29) is 12.3 Å². The molecule has 1 aliphatic carbocycles. The SMILES string of the molecule is CCCC1C=CC(C(=O)n2cc(CC(=O)O)c3cc(F)ccc32)=CC1. The van der Waals surface area contributed by atoms with Gasteiger partial charge in [0.2, 0.25) is 0 Å². The van der Waals surface area contributed by atoms with Crippen LogP contribution >= 0.6 is 0 Å². The Bertz CT molecular complexity index is 892. The Morgan fingerprint density at radius 3 is 2.80 bits per heavy atom. The fourth-order valence-electron chi connectivity index (χ4n) is 3.29. The van der Waals surface area contributed by atoms with Crippen LogP contribution in [0.2, 0.25) is 0 Å². The lowest BCUT2D eigenvalue weighted by atomic mass is 9.93. The second kappa shape index (κ2) is 7.05. The number of carbonyl (C=O) groups is 2. The predicted molar refractivity (Wildman–Crippen MR) is 94.1 cm³/mol. The zero-order chi connectivity index (χ0) is 18.0. The maximum absolute atomic E-state index is 13.6. The van der Waals surface area contributed by atoms with Gasteiger partial charge in [-0.25, -0.2) is 4.39 Å². The average Bonchev–Trinajstić information content (AvgIpc) is 2.92. The maximum Gasteiger partial charge on any atom is 0.307 e. The number of carbonyl (C=O) groups excluding carboxylic acids is 1. The Kier molecular flexibility index (Phi) is 4.83. The van der Waals surface area contributed by atoms with Crippen LogP contribution in [0.1, 0.15) is 36.5 Å². The number of halogens is 1. The van der Waals surface area contributed by atoms with Crippen molar-refractivity contribution >= 4 is 22.8 Å². The Balaban J connectivity index is 1.97. The summed E-state index contributed by atoms with van der Waals surface area (Å²) in [5.41, 5.74) is 1.53. The number of hydrogen-bond acceptors (Lipinski definition) is 2. The summed E-state index contributed by atoms with van der Waals surface area (Å²) < 4.78 is 15.0. The first-order chi connectivity index (χ1) is 12.0. The minimum absolute atomic E-state index is 0.223. The summed E-state index contributed by atoms with van der Waals surface area (Å²) in [4.78, 5) is 23.9. The van der Waals surface area contributed by atoms with Crippen molar-refractivity contribution in [2.24, 2.45) is 5.92 Å². The minimum atomic E-state index is -1.02. The van der Waals surface area contributed by atoms with Crippen LogP contribution in [0.4, 0.5) is 4.39 Å². The van der Waals surface area contributed by atoms with Crippen LogP contribution in [-0.4, -0.2) is 21.6 Å². The minimum Gasteiger partial charge on any atom is -0.481 e. The number of benzene rings is 1. The van der Waals surface area contributed by atoms with Gasteiger partial charge in [-0.1, -0.05) is 31.6 Å². The molecule has 0 fully saturated rings. The predicted octanol–water partition coefficient (Wildman–Crippen LogP) is 4.35. The van der Waals surface area contributed by atoms with E-state index in [4.69, 9.17) is 5.11 Å². The van der Waals surface area contributed by atoms with Crippen LogP contribution in [0.15, 0.2) is 48.2 Å². The zero-order valence-corrected chi connectivity index (χ0v) is 14.0. The largest absolute Gasteiger partial charge is 0.481 e. The normalized spacial score (nSPS) is 16.9. The molecule has 25 heavy (non-hydrogen) atoms. The highest BCUT2D eigenvalue weighted by Gasteiger charge is 2.19. The smallest absolute Gasteiger partial charge is 0.307 e. The van der Waals surface area contributed by atoms with Crippen LogP contribution in [0.5, 0.6) is 0 Å². The van der Waals surface area contributed by atoms with Crippen molar-refractivity contribution in [2.45, 2.75) is 32.6 Å². The molecule has 1 aliphatic rings. The van der Waals surface area contributed by atoms with Crippen molar-refractivity contribution in [3.63, 3.8) is 0 Å². The molecular weight excluding hydrogens is 321 g/mol. The molecule has 1 heterocycles. The van der Waals surface area contributed by atoms with Gasteiger partial charge in [0.15, 0.2) is 0 Å². The van der Waals surface area contributed by atoms with Gasteiger partial charge >= 0.3 is 5.97 Å². The van der Waals surface area contributed by atoms with Gasteiger partial charge in [0.25, 0.3) is 5.91 Å². The second-order valence-electron chi connectivity index (χ2n) is 6.36. The molecule has 5 heteroatoms.